The topological polar surface area (TPSA) is 49.8 Å². The van der Waals surface area contributed by atoms with E-state index in [0.29, 0.717) is 16.1 Å². The molecule has 0 aliphatic heterocycles. The van der Waals surface area contributed by atoms with Crippen LogP contribution in [0.3, 0.4) is 0 Å². The van der Waals surface area contributed by atoms with Crippen LogP contribution in [0.15, 0.2) is 35.1 Å². The van der Waals surface area contributed by atoms with Gasteiger partial charge in [-0.05, 0) is 41.1 Å². The summed E-state index contributed by atoms with van der Waals surface area (Å²) >= 11 is 3.29. The summed E-state index contributed by atoms with van der Waals surface area (Å²) in [6, 6.07) is 4.42. The van der Waals surface area contributed by atoms with Crippen molar-refractivity contribution in [2.45, 2.75) is 6.92 Å². The van der Waals surface area contributed by atoms with Crippen molar-refractivity contribution in [2.75, 3.05) is 17.2 Å². The SMILES string of the molecule is CCNc1cncc(Nc2ccc(F)cc2Br)n1. The third-order valence-corrected chi connectivity index (χ3v) is 2.84. The van der Waals surface area contributed by atoms with Crippen LogP contribution in [0.4, 0.5) is 21.7 Å². The van der Waals surface area contributed by atoms with E-state index >= 15 is 0 Å². The molecule has 1 heterocycles. The van der Waals surface area contributed by atoms with Crippen molar-refractivity contribution in [2.24, 2.45) is 0 Å². The molecule has 0 radical (unpaired) electrons. The van der Waals surface area contributed by atoms with Crippen LogP contribution in [0.5, 0.6) is 0 Å². The number of nitrogens with one attached hydrogen (secondary N) is 2. The van der Waals surface area contributed by atoms with E-state index in [-0.39, 0.29) is 5.82 Å². The Hall–Kier alpha value is -1.69. The van der Waals surface area contributed by atoms with Gasteiger partial charge in [-0.1, -0.05) is 0 Å². The van der Waals surface area contributed by atoms with Gasteiger partial charge in [0.1, 0.15) is 11.6 Å². The van der Waals surface area contributed by atoms with Crippen LogP contribution in [0, 0.1) is 5.82 Å². The van der Waals surface area contributed by atoms with Crippen molar-refractivity contribution < 1.29 is 4.39 Å². The van der Waals surface area contributed by atoms with E-state index < -0.39 is 0 Å². The number of hydrogen-bond acceptors (Lipinski definition) is 4. The predicted octanol–water partition coefficient (Wildman–Crippen LogP) is 3.55. The molecule has 1 aromatic heterocycles. The van der Waals surface area contributed by atoms with Gasteiger partial charge in [-0.2, -0.15) is 0 Å². The van der Waals surface area contributed by atoms with Crippen LogP contribution in [0.2, 0.25) is 0 Å². The van der Waals surface area contributed by atoms with Crippen molar-refractivity contribution in [1.82, 2.24) is 9.97 Å². The Morgan fingerprint density at radius 2 is 2.06 bits per heavy atom. The van der Waals surface area contributed by atoms with Gasteiger partial charge >= 0.3 is 0 Å². The molecule has 0 aliphatic carbocycles. The van der Waals surface area contributed by atoms with Gasteiger partial charge < -0.3 is 10.6 Å². The summed E-state index contributed by atoms with van der Waals surface area (Å²) in [5.41, 5.74) is 0.736. The number of benzene rings is 1. The minimum Gasteiger partial charge on any atom is -0.369 e. The highest BCUT2D eigenvalue weighted by molar-refractivity contribution is 9.10. The van der Waals surface area contributed by atoms with Gasteiger partial charge in [-0.15, -0.1) is 0 Å². The lowest BCUT2D eigenvalue weighted by molar-refractivity contribution is 0.627. The monoisotopic (exact) mass is 310 g/mol. The Kier molecular flexibility index (Phi) is 4.09. The lowest BCUT2D eigenvalue weighted by Crippen LogP contribution is -2.02. The minimum atomic E-state index is -0.292. The van der Waals surface area contributed by atoms with Gasteiger partial charge in [0.15, 0.2) is 5.82 Å². The summed E-state index contributed by atoms with van der Waals surface area (Å²) in [7, 11) is 0. The molecule has 0 fully saturated rings. The lowest BCUT2D eigenvalue weighted by Gasteiger charge is -2.09. The second-order valence-electron chi connectivity index (χ2n) is 3.57. The predicted molar refractivity (Wildman–Crippen MR) is 73.6 cm³/mol. The Labute approximate surface area is 113 Å². The van der Waals surface area contributed by atoms with Crippen LogP contribution >= 0.6 is 15.9 Å². The largest absolute Gasteiger partial charge is 0.369 e. The molecule has 0 unspecified atom stereocenters. The Morgan fingerprint density at radius 1 is 1.28 bits per heavy atom. The fourth-order valence-electron chi connectivity index (χ4n) is 1.42. The molecular formula is C12H12BrFN4. The van der Waals surface area contributed by atoms with Gasteiger partial charge in [0.05, 0.1) is 18.1 Å². The number of aromatic nitrogens is 2. The van der Waals surface area contributed by atoms with Gasteiger partial charge in [0, 0.05) is 11.0 Å². The molecule has 6 heteroatoms. The van der Waals surface area contributed by atoms with E-state index in [1.165, 1.54) is 12.1 Å². The third kappa shape index (κ3) is 3.16. The first-order chi connectivity index (χ1) is 8.69. The van der Waals surface area contributed by atoms with Crippen molar-refractivity contribution >= 4 is 33.3 Å². The minimum absolute atomic E-state index is 0.292. The number of rotatable bonds is 4. The standard InChI is InChI=1S/C12H12BrFN4/c1-2-16-11-6-15-7-12(18-11)17-10-4-3-8(14)5-9(10)13/h3-7H,2H2,1H3,(H2,16,17,18). The van der Waals surface area contributed by atoms with Crippen LogP contribution in [-0.4, -0.2) is 16.5 Å². The lowest BCUT2D eigenvalue weighted by atomic mass is 10.3. The zero-order valence-electron chi connectivity index (χ0n) is 9.74. The molecule has 0 aliphatic rings. The van der Waals surface area contributed by atoms with Crippen LogP contribution in [0.25, 0.3) is 0 Å². The first-order valence-electron chi connectivity index (χ1n) is 5.47. The van der Waals surface area contributed by atoms with E-state index in [1.807, 2.05) is 6.92 Å². The maximum absolute atomic E-state index is 13.0. The summed E-state index contributed by atoms with van der Waals surface area (Å²) in [6.07, 6.45) is 3.25. The Balaban J connectivity index is 2.20. The first-order valence-corrected chi connectivity index (χ1v) is 6.26. The quantitative estimate of drug-likeness (QED) is 0.906. The number of anilines is 3. The van der Waals surface area contributed by atoms with E-state index in [1.54, 1.807) is 18.5 Å². The zero-order chi connectivity index (χ0) is 13.0. The zero-order valence-corrected chi connectivity index (χ0v) is 11.3. The molecular weight excluding hydrogens is 299 g/mol. The average molecular weight is 311 g/mol. The van der Waals surface area contributed by atoms with Crippen LogP contribution in [0.1, 0.15) is 6.92 Å². The summed E-state index contributed by atoms with van der Waals surface area (Å²) in [4.78, 5) is 8.39. The van der Waals surface area contributed by atoms with Crippen LogP contribution < -0.4 is 10.6 Å². The number of halogens is 2. The Morgan fingerprint density at radius 3 is 2.78 bits per heavy atom. The fraction of sp³-hybridized carbons (Fsp3) is 0.167. The smallest absolute Gasteiger partial charge is 0.151 e. The van der Waals surface area contributed by atoms with Gasteiger partial charge in [-0.3, -0.25) is 4.98 Å². The fourth-order valence-corrected chi connectivity index (χ4v) is 1.87. The second kappa shape index (κ2) is 5.77. The van der Waals surface area contributed by atoms with E-state index in [4.69, 9.17) is 0 Å². The van der Waals surface area contributed by atoms with Crippen molar-refractivity contribution in [3.8, 4) is 0 Å². The van der Waals surface area contributed by atoms with Crippen molar-refractivity contribution in [3.05, 3.63) is 40.9 Å². The molecule has 4 nitrogen and oxygen atoms in total. The van der Waals surface area contributed by atoms with E-state index in [0.717, 1.165) is 12.2 Å². The third-order valence-electron chi connectivity index (χ3n) is 2.19. The van der Waals surface area contributed by atoms with Gasteiger partial charge in [0.2, 0.25) is 0 Å². The normalized spacial score (nSPS) is 10.2. The van der Waals surface area contributed by atoms with Crippen LogP contribution in [-0.2, 0) is 0 Å². The van der Waals surface area contributed by atoms with Gasteiger partial charge in [0.25, 0.3) is 0 Å². The molecule has 1 aromatic carbocycles. The highest BCUT2D eigenvalue weighted by Crippen LogP contribution is 2.25. The molecule has 0 bridgehead atoms. The second-order valence-corrected chi connectivity index (χ2v) is 4.42. The molecule has 2 aromatic rings. The molecule has 0 saturated carbocycles. The van der Waals surface area contributed by atoms with E-state index in [9.17, 15) is 4.39 Å². The van der Waals surface area contributed by atoms with E-state index in [2.05, 4.69) is 36.5 Å². The van der Waals surface area contributed by atoms with Crippen molar-refractivity contribution in [3.63, 3.8) is 0 Å². The molecule has 0 amide bonds. The molecule has 18 heavy (non-hydrogen) atoms. The Bertz CT molecular complexity index is 547. The number of nitrogens with zero attached hydrogens (tertiary/aromatic N) is 2. The maximum atomic E-state index is 13.0. The highest BCUT2D eigenvalue weighted by Gasteiger charge is 2.03. The molecule has 0 spiro atoms. The molecule has 94 valence electrons. The first kappa shape index (κ1) is 12.8. The summed E-state index contributed by atoms with van der Waals surface area (Å²) < 4.78 is 13.6. The molecule has 2 rings (SSSR count). The summed E-state index contributed by atoms with van der Waals surface area (Å²) in [5.74, 6) is 1.00. The number of hydrogen-bond donors (Lipinski definition) is 2. The molecule has 0 saturated heterocycles. The maximum Gasteiger partial charge on any atom is 0.151 e. The highest BCUT2D eigenvalue weighted by atomic mass is 79.9. The summed E-state index contributed by atoms with van der Waals surface area (Å²) in [5, 5.41) is 6.14. The molecule has 0 atom stereocenters. The average Bonchev–Trinajstić information content (AvgIpc) is 2.34. The summed E-state index contributed by atoms with van der Waals surface area (Å²) in [6.45, 7) is 2.76. The van der Waals surface area contributed by atoms with Crippen molar-refractivity contribution in [1.29, 1.82) is 0 Å². The molecule has 2 N–H and O–H groups in total. The van der Waals surface area contributed by atoms with Gasteiger partial charge in [-0.25, -0.2) is 9.37 Å².